The van der Waals surface area contributed by atoms with Crippen LogP contribution in [0.3, 0.4) is 0 Å². The Bertz CT molecular complexity index is 1170. The van der Waals surface area contributed by atoms with Crippen LogP contribution in [-0.4, -0.2) is 25.8 Å². The molecule has 5 nitrogen and oxygen atoms in total. The average Bonchev–Trinajstić information content (AvgIpc) is 2.82. The van der Waals surface area contributed by atoms with E-state index in [1.165, 1.54) is 0 Å². The Labute approximate surface area is 190 Å². The van der Waals surface area contributed by atoms with E-state index < -0.39 is 0 Å². The van der Waals surface area contributed by atoms with Crippen LogP contribution in [0, 0.1) is 0 Å². The largest absolute Gasteiger partial charge is 0.328 e. The van der Waals surface area contributed by atoms with E-state index >= 15 is 0 Å². The quantitative estimate of drug-likeness (QED) is 0.380. The maximum absolute atomic E-state index is 13.3. The van der Waals surface area contributed by atoms with Crippen LogP contribution in [-0.2, 0) is 13.1 Å². The van der Waals surface area contributed by atoms with E-state index in [-0.39, 0.29) is 5.91 Å². The van der Waals surface area contributed by atoms with Crippen LogP contribution in [0.4, 0.5) is 0 Å². The third-order valence-corrected chi connectivity index (χ3v) is 5.39. The summed E-state index contributed by atoms with van der Waals surface area (Å²) < 4.78 is 0. The van der Waals surface area contributed by atoms with E-state index in [9.17, 15) is 4.79 Å². The molecule has 2 heterocycles. The van der Waals surface area contributed by atoms with Crippen LogP contribution in [0.1, 0.15) is 21.6 Å². The first-order valence-corrected chi connectivity index (χ1v) is 10.4. The number of hydrogen-bond donors (Lipinski definition) is 0. The first-order chi connectivity index (χ1) is 15.1. The normalized spacial score (nSPS) is 10.6. The fourth-order valence-corrected chi connectivity index (χ4v) is 3.42. The minimum atomic E-state index is -0.198. The molecule has 0 aliphatic rings. The zero-order chi connectivity index (χ0) is 21.6. The van der Waals surface area contributed by atoms with Crippen molar-refractivity contribution in [2.45, 2.75) is 13.1 Å². The molecule has 0 radical (unpaired) electrons. The minimum Gasteiger partial charge on any atom is -0.328 e. The van der Waals surface area contributed by atoms with Gasteiger partial charge in [0.15, 0.2) is 5.82 Å². The lowest BCUT2D eigenvalue weighted by Gasteiger charge is -2.23. The van der Waals surface area contributed by atoms with Gasteiger partial charge in [-0.1, -0.05) is 65.7 Å². The summed E-state index contributed by atoms with van der Waals surface area (Å²) in [6.45, 7) is 0.674. The number of pyridine rings is 1. The zero-order valence-electron chi connectivity index (χ0n) is 16.5. The van der Waals surface area contributed by atoms with Gasteiger partial charge in [-0.3, -0.25) is 9.78 Å². The summed E-state index contributed by atoms with van der Waals surface area (Å²) in [6.07, 6.45) is 4.81. The van der Waals surface area contributed by atoms with Gasteiger partial charge >= 0.3 is 0 Å². The van der Waals surface area contributed by atoms with Gasteiger partial charge in [0.25, 0.3) is 5.91 Å². The molecule has 0 atom stereocenters. The van der Waals surface area contributed by atoms with Crippen molar-refractivity contribution >= 4 is 29.1 Å². The predicted octanol–water partition coefficient (Wildman–Crippen LogP) is 5.69. The Morgan fingerprint density at radius 2 is 1.55 bits per heavy atom. The molecule has 4 aromatic rings. The summed E-state index contributed by atoms with van der Waals surface area (Å²) in [5, 5.41) is 0.915. The zero-order valence-corrected chi connectivity index (χ0v) is 18.0. The molecule has 0 bridgehead atoms. The number of hydrogen-bond acceptors (Lipinski definition) is 4. The van der Waals surface area contributed by atoms with Crippen molar-refractivity contribution in [2.75, 3.05) is 0 Å². The lowest BCUT2D eigenvalue weighted by Crippen LogP contribution is -2.30. The second-order valence-corrected chi connectivity index (χ2v) is 7.71. The molecule has 0 saturated carbocycles. The number of amides is 1. The molecule has 1 amide bonds. The van der Waals surface area contributed by atoms with Gasteiger partial charge in [-0.15, -0.1) is 0 Å². The Kier molecular flexibility index (Phi) is 6.55. The fraction of sp³-hybridized carbons (Fsp3) is 0.0833. The van der Waals surface area contributed by atoms with Crippen molar-refractivity contribution in [1.82, 2.24) is 19.9 Å². The Balaban J connectivity index is 1.60. The van der Waals surface area contributed by atoms with Crippen LogP contribution in [0.5, 0.6) is 0 Å². The van der Waals surface area contributed by atoms with Crippen molar-refractivity contribution in [1.29, 1.82) is 0 Å². The van der Waals surface area contributed by atoms with E-state index in [1.807, 2.05) is 54.6 Å². The van der Waals surface area contributed by atoms with Crippen molar-refractivity contribution in [3.05, 3.63) is 112 Å². The smallest absolute Gasteiger partial charge is 0.257 e. The van der Waals surface area contributed by atoms with Gasteiger partial charge in [-0.25, -0.2) is 9.97 Å². The summed E-state index contributed by atoms with van der Waals surface area (Å²) in [5.41, 5.74) is 2.93. The molecular formula is C24H18Cl2N4O. The first kappa shape index (κ1) is 21.0. The molecule has 0 saturated heterocycles. The van der Waals surface area contributed by atoms with Crippen molar-refractivity contribution in [3.8, 4) is 11.4 Å². The maximum atomic E-state index is 13.3. The molecule has 0 aliphatic carbocycles. The third kappa shape index (κ3) is 5.26. The van der Waals surface area contributed by atoms with Gasteiger partial charge in [-0.05, 0) is 29.8 Å². The number of carbonyl (C=O) groups excluding carboxylic acids is 1. The van der Waals surface area contributed by atoms with E-state index in [0.29, 0.717) is 34.5 Å². The van der Waals surface area contributed by atoms with Gasteiger partial charge in [0, 0.05) is 30.7 Å². The molecular weight excluding hydrogens is 431 g/mol. The highest BCUT2D eigenvalue weighted by Crippen LogP contribution is 2.24. The number of benzene rings is 2. The second kappa shape index (κ2) is 9.69. The topological polar surface area (TPSA) is 59.0 Å². The number of nitrogens with zero attached hydrogens (tertiary/aromatic N) is 4. The van der Waals surface area contributed by atoms with Gasteiger partial charge in [0.05, 0.1) is 27.8 Å². The van der Waals surface area contributed by atoms with Gasteiger partial charge in [-0.2, -0.15) is 0 Å². The van der Waals surface area contributed by atoms with Gasteiger partial charge < -0.3 is 4.90 Å². The summed E-state index contributed by atoms with van der Waals surface area (Å²) in [5.74, 6) is 0.370. The molecule has 2 aromatic carbocycles. The summed E-state index contributed by atoms with van der Waals surface area (Å²) >= 11 is 12.2. The molecule has 0 spiro atoms. The van der Waals surface area contributed by atoms with Crippen LogP contribution in [0.2, 0.25) is 10.0 Å². The number of carbonyl (C=O) groups is 1. The summed E-state index contributed by atoms with van der Waals surface area (Å²) in [4.78, 5) is 28.1. The Morgan fingerprint density at radius 1 is 0.806 bits per heavy atom. The van der Waals surface area contributed by atoms with E-state index in [2.05, 4.69) is 15.0 Å². The molecule has 0 aliphatic heterocycles. The van der Waals surface area contributed by atoms with Crippen molar-refractivity contribution in [3.63, 3.8) is 0 Å². The number of aromatic nitrogens is 3. The second-order valence-electron chi connectivity index (χ2n) is 6.89. The fourth-order valence-electron chi connectivity index (χ4n) is 3.10. The molecule has 7 heteroatoms. The van der Waals surface area contributed by atoms with Crippen LogP contribution < -0.4 is 0 Å². The highest BCUT2D eigenvalue weighted by Gasteiger charge is 2.19. The monoisotopic (exact) mass is 448 g/mol. The summed E-state index contributed by atoms with van der Waals surface area (Å²) in [7, 11) is 0. The van der Waals surface area contributed by atoms with Crippen molar-refractivity contribution in [2.24, 2.45) is 0 Å². The van der Waals surface area contributed by atoms with Crippen molar-refractivity contribution < 1.29 is 4.79 Å². The first-order valence-electron chi connectivity index (χ1n) is 9.61. The summed E-state index contributed by atoms with van der Waals surface area (Å²) in [6, 6.07) is 20.6. The lowest BCUT2D eigenvalue weighted by atomic mass is 10.1. The highest BCUT2D eigenvalue weighted by atomic mass is 35.5. The number of halogens is 2. The maximum Gasteiger partial charge on any atom is 0.257 e. The van der Waals surface area contributed by atoms with E-state index in [1.54, 1.807) is 35.6 Å². The molecule has 4 rings (SSSR count). The minimum absolute atomic E-state index is 0.198. The van der Waals surface area contributed by atoms with Gasteiger partial charge in [0.2, 0.25) is 0 Å². The number of rotatable bonds is 6. The Morgan fingerprint density at radius 3 is 2.23 bits per heavy atom. The molecule has 0 fully saturated rings. The highest BCUT2D eigenvalue weighted by molar-refractivity contribution is 6.42. The SMILES string of the molecule is O=C(c1cnc(-c2ccccc2)nc1)N(Cc1ccc(Cl)c(Cl)c1)Cc1ccccn1. The Hall–Kier alpha value is -3.28. The predicted molar refractivity (Wildman–Crippen MR) is 122 cm³/mol. The average molecular weight is 449 g/mol. The van der Waals surface area contributed by atoms with Gasteiger partial charge in [0.1, 0.15) is 0 Å². The molecule has 0 unspecified atom stereocenters. The molecule has 154 valence electrons. The molecule has 31 heavy (non-hydrogen) atoms. The lowest BCUT2D eigenvalue weighted by molar-refractivity contribution is 0.0727. The standard InChI is InChI=1S/C24H18Cl2N4O/c25-21-10-9-17(12-22(21)26)15-30(16-20-8-4-5-11-27-20)24(31)19-13-28-23(29-14-19)18-6-2-1-3-7-18/h1-14H,15-16H2. The molecule has 2 aromatic heterocycles. The van der Waals surface area contributed by atoms with Crippen LogP contribution in [0.15, 0.2) is 85.3 Å². The van der Waals surface area contributed by atoms with E-state index in [4.69, 9.17) is 23.2 Å². The van der Waals surface area contributed by atoms with Crippen LogP contribution >= 0.6 is 23.2 Å². The molecule has 0 N–H and O–H groups in total. The van der Waals surface area contributed by atoms with Crippen LogP contribution in [0.25, 0.3) is 11.4 Å². The third-order valence-electron chi connectivity index (χ3n) is 4.65. The van der Waals surface area contributed by atoms with E-state index in [0.717, 1.165) is 16.8 Å².